The highest BCUT2D eigenvalue weighted by atomic mass is 16.5. The minimum absolute atomic E-state index is 0.175. The van der Waals surface area contributed by atoms with Crippen LogP contribution in [0.5, 0.6) is 5.75 Å². The molecule has 1 aromatic carbocycles. The average molecular weight is 404 g/mol. The summed E-state index contributed by atoms with van der Waals surface area (Å²) in [6.45, 7) is 6.52. The Morgan fingerprint density at radius 1 is 1.17 bits per heavy atom. The predicted molar refractivity (Wildman–Crippen MR) is 114 cm³/mol. The topological polar surface area (TPSA) is 81.7 Å². The fourth-order valence-corrected chi connectivity index (χ4v) is 3.10. The quantitative estimate of drug-likeness (QED) is 0.538. The van der Waals surface area contributed by atoms with Gasteiger partial charge in [0.1, 0.15) is 17.2 Å². The Morgan fingerprint density at radius 3 is 2.70 bits per heavy atom. The third-order valence-electron chi connectivity index (χ3n) is 4.80. The second-order valence-electron chi connectivity index (χ2n) is 8.07. The third kappa shape index (κ3) is 3.91. The Balaban J connectivity index is 1.80. The standard InChI is InChI=1S/C23H24N4O3/c1-23(2,3)20-13-21-25-18(15-7-5-8-16(11-15)29-4)12-19(27(21)26-20)22(28)24-14-17-9-6-10-30-17/h5-13H,14H2,1-4H3,(H,24,28). The van der Waals surface area contributed by atoms with Crippen molar-refractivity contribution < 1.29 is 13.9 Å². The van der Waals surface area contributed by atoms with Crippen LogP contribution in [0.2, 0.25) is 0 Å². The molecule has 7 nitrogen and oxygen atoms in total. The number of ether oxygens (including phenoxy) is 1. The van der Waals surface area contributed by atoms with Gasteiger partial charge >= 0.3 is 0 Å². The molecule has 0 unspecified atom stereocenters. The number of rotatable bonds is 5. The molecule has 0 spiro atoms. The van der Waals surface area contributed by atoms with Gasteiger partial charge in [0.2, 0.25) is 0 Å². The van der Waals surface area contributed by atoms with Crippen molar-refractivity contribution in [1.82, 2.24) is 19.9 Å². The van der Waals surface area contributed by atoms with Gasteiger partial charge in [0.15, 0.2) is 5.65 Å². The molecule has 0 radical (unpaired) electrons. The Kier molecular flexibility index (Phi) is 5.03. The highest BCUT2D eigenvalue weighted by molar-refractivity contribution is 5.94. The van der Waals surface area contributed by atoms with E-state index in [4.69, 9.17) is 14.1 Å². The van der Waals surface area contributed by atoms with Gasteiger partial charge in [-0.3, -0.25) is 4.79 Å². The van der Waals surface area contributed by atoms with Gasteiger partial charge in [-0.05, 0) is 30.3 Å². The van der Waals surface area contributed by atoms with Crippen LogP contribution < -0.4 is 10.1 Å². The number of nitrogens with one attached hydrogen (secondary N) is 1. The number of amides is 1. The summed E-state index contributed by atoms with van der Waals surface area (Å²) >= 11 is 0. The number of carbonyl (C=O) groups is 1. The predicted octanol–water partition coefficient (Wildman–Crippen LogP) is 4.23. The van der Waals surface area contributed by atoms with Crippen LogP contribution >= 0.6 is 0 Å². The van der Waals surface area contributed by atoms with E-state index < -0.39 is 0 Å². The Hall–Kier alpha value is -3.61. The van der Waals surface area contributed by atoms with Gasteiger partial charge in [0, 0.05) is 17.0 Å². The van der Waals surface area contributed by atoms with Gasteiger partial charge < -0.3 is 14.5 Å². The number of hydrogen-bond donors (Lipinski definition) is 1. The van der Waals surface area contributed by atoms with E-state index in [-0.39, 0.29) is 17.9 Å². The highest BCUT2D eigenvalue weighted by Crippen LogP contribution is 2.27. The van der Waals surface area contributed by atoms with Gasteiger partial charge in [-0.1, -0.05) is 32.9 Å². The summed E-state index contributed by atoms with van der Waals surface area (Å²) in [5.74, 6) is 1.14. The van der Waals surface area contributed by atoms with Crippen LogP contribution in [0.1, 0.15) is 42.7 Å². The summed E-state index contributed by atoms with van der Waals surface area (Å²) in [5.41, 5.74) is 3.23. The Morgan fingerprint density at radius 2 is 2.00 bits per heavy atom. The lowest BCUT2D eigenvalue weighted by molar-refractivity contribution is 0.0940. The van der Waals surface area contributed by atoms with Gasteiger partial charge in [0.05, 0.1) is 31.3 Å². The summed E-state index contributed by atoms with van der Waals surface area (Å²) in [5, 5.41) is 7.56. The lowest BCUT2D eigenvalue weighted by atomic mass is 9.93. The Bertz CT molecular complexity index is 1190. The van der Waals surface area contributed by atoms with Crippen molar-refractivity contribution in [3.05, 3.63) is 71.9 Å². The maximum Gasteiger partial charge on any atom is 0.270 e. The molecule has 3 aromatic heterocycles. The minimum atomic E-state index is -0.258. The second kappa shape index (κ2) is 7.67. The summed E-state index contributed by atoms with van der Waals surface area (Å²) < 4.78 is 12.2. The average Bonchev–Trinajstić information content (AvgIpc) is 3.40. The van der Waals surface area contributed by atoms with Crippen LogP contribution in [0.25, 0.3) is 16.9 Å². The smallest absolute Gasteiger partial charge is 0.270 e. The van der Waals surface area contributed by atoms with Crippen LogP contribution in [0, 0.1) is 0 Å². The van der Waals surface area contributed by atoms with Crippen LogP contribution in [0.3, 0.4) is 0 Å². The Labute approximate surface area is 174 Å². The summed E-state index contributed by atoms with van der Waals surface area (Å²) in [6, 6.07) is 14.9. The molecule has 4 aromatic rings. The van der Waals surface area contributed by atoms with Crippen molar-refractivity contribution in [2.75, 3.05) is 7.11 Å². The molecule has 0 aliphatic carbocycles. The SMILES string of the molecule is COc1cccc(-c2cc(C(=O)NCc3ccco3)n3nc(C(C)(C)C)cc3n2)c1. The van der Waals surface area contributed by atoms with E-state index in [2.05, 4.69) is 31.2 Å². The maximum atomic E-state index is 13.1. The molecule has 0 bridgehead atoms. The number of furan rings is 1. The molecule has 1 N–H and O–H groups in total. The number of carbonyl (C=O) groups excluding carboxylic acids is 1. The molecule has 3 heterocycles. The second-order valence-corrected chi connectivity index (χ2v) is 8.07. The van der Waals surface area contributed by atoms with E-state index in [1.54, 1.807) is 30.0 Å². The first-order valence-corrected chi connectivity index (χ1v) is 9.71. The molecular weight excluding hydrogens is 380 g/mol. The lowest BCUT2D eigenvalue weighted by Crippen LogP contribution is -2.25. The van der Waals surface area contributed by atoms with Gasteiger partial charge in [-0.2, -0.15) is 5.10 Å². The third-order valence-corrected chi connectivity index (χ3v) is 4.80. The molecule has 0 saturated heterocycles. The molecule has 0 aliphatic heterocycles. The first kappa shape index (κ1) is 19.7. The zero-order valence-corrected chi connectivity index (χ0v) is 17.5. The summed E-state index contributed by atoms with van der Waals surface area (Å²) in [7, 11) is 1.62. The van der Waals surface area contributed by atoms with Gasteiger partial charge in [-0.25, -0.2) is 9.50 Å². The largest absolute Gasteiger partial charge is 0.497 e. The van der Waals surface area contributed by atoms with Gasteiger partial charge in [0.25, 0.3) is 5.91 Å². The number of nitrogens with zero attached hydrogens (tertiary/aromatic N) is 3. The van der Waals surface area contributed by atoms with E-state index in [0.29, 0.717) is 22.8 Å². The first-order chi connectivity index (χ1) is 14.3. The molecule has 1 amide bonds. The molecule has 0 atom stereocenters. The van der Waals surface area contributed by atoms with E-state index >= 15 is 0 Å². The van der Waals surface area contributed by atoms with E-state index in [1.165, 1.54) is 0 Å². The van der Waals surface area contributed by atoms with Crippen molar-refractivity contribution in [3.63, 3.8) is 0 Å². The number of benzene rings is 1. The zero-order chi connectivity index (χ0) is 21.3. The normalized spacial score (nSPS) is 11.6. The molecule has 30 heavy (non-hydrogen) atoms. The molecule has 7 heteroatoms. The van der Waals surface area contributed by atoms with Crippen molar-refractivity contribution in [3.8, 4) is 17.0 Å². The van der Waals surface area contributed by atoms with E-state index in [0.717, 1.165) is 17.0 Å². The van der Waals surface area contributed by atoms with Crippen LogP contribution in [0.15, 0.2) is 59.2 Å². The lowest BCUT2D eigenvalue weighted by Gasteiger charge is -2.13. The number of aromatic nitrogens is 3. The zero-order valence-electron chi connectivity index (χ0n) is 17.5. The highest BCUT2D eigenvalue weighted by Gasteiger charge is 2.22. The molecule has 0 saturated carbocycles. The number of hydrogen-bond acceptors (Lipinski definition) is 5. The van der Waals surface area contributed by atoms with Crippen molar-refractivity contribution >= 4 is 11.6 Å². The van der Waals surface area contributed by atoms with Crippen LogP contribution in [0.4, 0.5) is 0 Å². The van der Waals surface area contributed by atoms with Crippen molar-refractivity contribution in [1.29, 1.82) is 0 Å². The van der Waals surface area contributed by atoms with Crippen molar-refractivity contribution in [2.24, 2.45) is 0 Å². The van der Waals surface area contributed by atoms with E-state index in [1.807, 2.05) is 36.4 Å². The molecular formula is C23H24N4O3. The molecule has 154 valence electrons. The number of fused-ring (bicyclic) bond motifs is 1. The van der Waals surface area contributed by atoms with Crippen molar-refractivity contribution in [2.45, 2.75) is 32.7 Å². The monoisotopic (exact) mass is 404 g/mol. The molecule has 0 aliphatic rings. The van der Waals surface area contributed by atoms with Crippen LogP contribution in [-0.2, 0) is 12.0 Å². The maximum absolute atomic E-state index is 13.1. The fraction of sp³-hybridized carbons (Fsp3) is 0.261. The van der Waals surface area contributed by atoms with Gasteiger partial charge in [-0.15, -0.1) is 0 Å². The first-order valence-electron chi connectivity index (χ1n) is 9.71. The van der Waals surface area contributed by atoms with Crippen LogP contribution in [-0.4, -0.2) is 27.6 Å². The summed E-state index contributed by atoms with van der Waals surface area (Å²) in [6.07, 6.45) is 1.58. The fourth-order valence-electron chi connectivity index (χ4n) is 3.10. The van der Waals surface area contributed by atoms with E-state index in [9.17, 15) is 4.79 Å². The number of methoxy groups -OCH3 is 1. The molecule has 4 rings (SSSR count). The summed E-state index contributed by atoms with van der Waals surface area (Å²) in [4.78, 5) is 17.8. The molecule has 0 fully saturated rings. The minimum Gasteiger partial charge on any atom is -0.497 e.